The molecule has 0 amide bonds. The molecule has 34 heavy (non-hydrogen) atoms. The topological polar surface area (TPSA) is 77.3 Å². The van der Waals surface area contributed by atoms with Gasteiger partial charge in [-0.25, -0.2) is 9.98 Å². The van der Waals surface area contributed by atoms with E-state index < -0.39 is 0 Å². The summed E-state index contributed by atoms with van der Waals surface area (Å²) in [7, 11) is 0. The van der Waals surface area contributed by atoms with Crippen LogP contribution in [-0.2, 0) is 19.1 Å². The number of carbonyl (C=O) groups is 2. The molecule has 6 heteroatoms. The third-order valence-corrected chi connectivity index (χ3v) is 6.33. The van der Waals surface area contributed by atoms with Gasteiger partial charge in [0.1, 0.15) is 19.3 Å². The Hall–Kier alpha value is -1.98. The van der Waals surface area contributed by atoms with Gasteiger partial charge in [-0.1, -0.05) is 96.6 Å². The third kappa shape index (κ3) is 12.5. The lowest BCUT2D eigenvalue weighted by molar-refractivity contribution is -0.119. The number of allylic oxidation sites excluding steroid dienone is 1. The Bertz CT molecular complexity index is 697. The molecule has 0 saturated carbocycles. The Morgan fingerprint density at radius 1 is 0.853 bits per heavy atom. The molecule has 2 rings (SSSR count). The summed E-state index contributed by atoms with van der Waals surface area (Å²) in [6.07, 6.45) is 21.7. The van der Waals surface area contributed by atoms with Crippen molar-refractivity contribution in [3.63, 3.8) is 0 Å². The first kappa shape index (κ1) is 28.3. The maximum Gasteiger partial charge on any atom is 0.254 e. The number of rotatable bonds is 20. The highest BCUT2D eigenvalue weighted by molar-refractivity contribution is 6.40. The van der Waals surface area contributed by atoms with Crippen molar-refractivity contribution < 1.29 is 19.1 Å². The summed E-state index contributed by atoms with van der Waals surface area (Å²) < 4.78 is 10.6. The van der Waals surface area contributed by atoms with Crippen LogP contribution in [0.3, 0.4) is 0 Å². The molecule has 0 aromatic rings. The molecule has 6 nitrogen and oxygen atoms in total. The van der Waals surface area contributed by atoms with E-state index in [-0.39, 0.29) is 42.2 Å². The second-order valence-corrected chi connectivity index (χ2v) is 9.98. The number of aliphatic imine (C=N–C) groups is 2. The zero-order valence-corrected chi connectivity index (χ0v) is 21.6. The molecule has 2 heterocycles. The number of ether oxygens (including phenoxy) is 2. The first-order valence-corrected chi connectivity index (χ1v) is 13.7. The second kappa shape index (κ2) is 17.5. The molecule has 0 aromatic heterocycles. The Kier molecular flexibility index (Phi) is 14.5. The fourth-order valence-electron chi connectivity index (χ4n) is 4.24. The maximum atomic E-state index is 12.2. The fraction of sp³-hybridized carbons (Fsp3) is 0.786. The molecular weight excluding hydrogens is 428 g/mol. The molecule has 0 radical (unpaired) electrons. The normalized spacial score (nSPS) is 17.7. The van der Waals surface area contributed by atoms with Crippen LogP contribution in [0.15, 0.2) is 22.1 Å². The van der Waals surface area contributed by atoms with Gasteiger partial charge in [0.15, 0.2) is 0 Å². The monoisotopic (exact) mass is 474 g/mol. The lowest BCUT2D eigenvalue weighted by Gasteiger charge is -2.04. The number of carbonyl (C=O) groups excluding carboxylic acids is 2. The van der Waals surface area contributed by atoms with Crippen molar-refractivity contribution in [3.05, 3.63) is 12.2 Å². The van der Waals surface area contributed by atoms with Crippen molar-refractivity contribution in [1.29, 1.82) is 0 Å². The predicted molar refractivity (Wildman–Crippen MR) is 139 cm³/mol. The Labute approximate surface area is 206 Å². The van der Waals surface area contributed by atoms with E-state index in [1.807, 2.05) is 6.08 Å². The van der Waals surface area contributed by atoms with E-state index >= 15 is 0 Å². The number of nitrogens with zero attached hydrogens (tertiary/aromatic N) is 2. The van der Waals surface area contributed by atoms with E-state index in [4.69, 9.17) is 9.47 Å². The highest BCUT2D eigenvalue weighted by Gasteiger charge is 2.24. The minimum atomic E-state index is -0.228. The Morgan fingerprint density at radius 3 is 2.03 bits per heavy atom. The number of hydrogen-bond acceptors (Lipinski definition) is 6. The van der Waals surface area contributed by atoms with Gasteiger partial charge in [0.2, 0.25) is 11.6 Å². The standard InChI is InChI=1S/C28H46N2O4/c1-23(2)16-14-12-10-8-6-4-3-5-7-9-11-13-15-17-24-22-34-28(30-24)26(32)19-18-25(31)27-29-20-21-33-27/h15,17,23-24H,3-14,16,18-22H2,1-2H3. The summed E-state index contributed by atoms with van der Waals surface area (Å²) in [5.41, 5.74) is 0. The molecule has 2 aliphatic rings. The summed E-state index contributed by atoms with van der Waals surface area (Å²) in [5, 5.41) is 0. The van der Waals surface area contributed by atoms with Crippen LogP contribution in [0.25, 0.3) is 0 Å². The van der Waals surface area contributed by atoms with Gasteiger partial charge in [-0.3, -0.25) is 9.59 Å². The highest BCUT2D eigenvalue weighted by atomic mass is 16.5. The van der Waals surface area contributed by atoms with E-state index in [9.17, 15) is 9.59 Å². The molecule has 192 valence electrons. The van der Waals surface area contributed by atoms with Crippen molar-refractivity contribution in [2.45, 2.75) is 116 Å². The van der Waals surface area contributed by atoms with E-state index in [1.54, 1.807) is 0 Å². The first-order valence-electron chi connectivity index (χ1n) is 13.7. The molecule has 0 fully saturated rings. The van der Waals surface area contributed by atoms with Crippen molar-refractivity contribution in [2.24, 2.45) is 15.9 Å². The van der Waals surface area contributed by atoms with Crippen molar-refractivity contribution in [2.75, 3.05) is 19.8 Å². The van der Waals surface area contributed by atoms with E-state index in [2.05, 4.69) is 29.9 Å². The number of Topliss-reactive ketones (excluding diaryl/α,β-unsaturated/α-hetero) is 2. The van der Waals surface area contributed by atoms with Gasteiger partial charge in [0.25, 0.3) is 11.8 Å². The third-order valence-electron chi connectivity index (χ3n) is 6.33. The Morgan fingerprint density at radius 2 is 1.44 bits per heavy atom. The minimum absolute atomic E-state index is 0.0782. The average molecular weight is 475 g/mol. The molecule has 0 bridgehead atoms. The molecule has 0 N–H and O–H groups in total. The predicted octanol–water partition coefficient (Wildman–Crippen LogP) is 6.41. The summed E-state index contributed by atoms with van der Waals surface area (Å²) in [5.74, 6) is 0.688. The van der Waals surface area contributed by atoms with Gasteiger partial charge in [-0.05, 0) is 18.8 Å². The molecule has 1 unspecified atom stereocenters. The smallest absolute Gasteiger partial charge is 0.254 e. The lowest BCUT2D eigenvalue weighted by Crippen LogP contribution is -2.19. The van der Waals surface area contributed by atoms with Crippen LogP contribution in [0.5, 0.6) is 0 Å². The van der Waals surface area contributed by atoms with Crippen LogP contribution < -0.4 is 0 Å². The Balaban J connectivity index is 1.42. The highest BCUT2D eigenvalue weighted by Crippen LogP contribution is 2.15. The molecular formula is C28H46N2O4. The molecule has 2 aliphatic heterocycles. The zero-order valence-electron chi connectivity index (χ0n) is 21.6. The van der Waals surface area contributed by atoms with Gasteiger partial charge in [-0.15, -0.1) is 0 Å². The van der Waals surface area contributed by atoms with Gasteiger partial charge in [-0.2, -0.15) is 0 Å². The van der Waals surface area contributed by atoms with E-state index in [1.165, 1.54) is 77.0 Å². The summed E-state index contributed by atoms with van der Waals surface area (Å²) in [6, 6.07) is -0.0948. The number of unbranched alkanes of at least 4 members (excludes halogenated alkanes) is 11. The van der Waals surface area contributed by atoms with Crippen LogP contribution in [0, 0.1) is 5.92 Å². The number of ketones is 2. The summed E-state index contributed by atoms with van der Waals surface area (Å²) >= 11 is 0. The van der Waals surface area contributed by atoms with Crippen LogP contribution >= 0.6 is 0 Å². The first-order chi connectivity index (χ1) is 16.6. The van der Waals surface area contributed by atoms with Gasteiger partial charge in [0.05, 0.1) is 6.54 Å². The summed E-state index contributed by atoms with van der Waals surface area (Å²) in [6.45, 7) is 5.98. The molecule has 0 aliphatic carbocycles. The van der Waals surface area contributed by atoms with Crippen molar-refractivity contribution >= 4 is 23.4 Å². The average Bonchev–Trinajstić information content (AvgIpc) is 3.52. The molecule has 0 aromatic carbocycles. The van der Waals surface area contributed by atoms with Crippen LogP contribution in [-0.4, -0.2) is 49.2 Å². The second-order valence-electron chi connectivity index (χ2n) is 9.98. The lowest BCUT2D eigenvalue weighted by atomic mass is 10.0. The summed E-state index contributed by atoms with van der Waals surface area (Å²) in [4.78, 5) is 32.5. The van der Waals surface area contributed by atoms with Crippen LogP contribution in [0.2, 0.25) is 0 Å². The zero-order chi connectivity index (χ0) is 24.4. The fourth-order valence-corrected chi connectivity index (χ4v) is 4.24. The maximum absolute atomic E-state index is 12.2. The van der Waals surface area contributed by atoms with E-state index in [0.29, 0.717) is 19.8 Å². The van der Waals surface area contributed by atoms with Crippen LogP contribution in [0.4, 0.5) is 0 Å². The molecule has 0 spiro atoms. The molecule has 1 atom stereocenters. The largest absolute Gasteiger partial charge is 0.473 e. The SMILES string of the molecule is CC(C)CCCCCCCCCCCCCC=CC1COC(C(=O)CCC(=O)C2=NCCO2)=N1. The quantitative estimate of drug-likeness (QED) is 0.151. The minimum Gasteiger partial charge on any atom is -0.473 e. The van der Waals surface area contributed by atoms with E-state index in [0.717, 1.165) is 12.3 Å². The van der Waals surface area contributed by atoms with Crippen molar-refractivity contribution in [1.82, 2.24) is 0 Å². The van der Waals surface area contributed by atoms with Gasteiger partial charge >= 0.3 is 0 Å². The number of hydrogen-bond donors (Lipinski definition) is 0. The van der Waals surface area contributed by atoms with Gasteiger partial charge in [0, 0.05) is 12.8 Å². The molecule has 0 saturated heterocycles. The van der Waals surface area contributed by atoms with Gasteiger partial charge < -0.3 is 9.47 Å². The van der Waals surface area contributed by atoms with Crippen LogP contribution in [0.1, 0.15) is 110 Å². The van der Waals surface area contributed by atoms with Crippen molar-refractivity contribution in [3.8, 4) is 0 Å².